The highest BCUT2D eigenvalue weighted by Crippen LogP contribution is 2.31. The normalized spacial score (nSPS) is 11.8. The van der Waals surface area contributed by atoms with E-state index in [1.165, 1.54) is 10.8 Å². The zero-order valence-electron chi connectivity index (χ0n) is 10.3. The van der Waals surface area contributed by atoms with Gasteiger partial charge < -0.3 is 9.84 Å². The zero-order valence-corrected chi connectivity index (χ0v) is 11.9. The van der Waals surface area contributed by atoms with Gasteiger partial charge in [0.2, 0.25) is 0 Å². The topological polar surface area (TPSA) is 64.3 Å². The van der Waals surface area contributed by atoms with E-state index in [0.29, 0.717) is 15.5 Å². The lowest BCUT2D eigenvalue weighted by Crippen LogP contribution is -2.26. The van der Waals surface area contributed by atoms with Gasteiger partial charge in [0.25, 0.3) is 0 Å². The Morgan fingerprint density at radius 1 is 1.50 bits per heavy atom. The second-order valence-corrected chi connectivity index (χ2v) is 5.65. The smallest absolute Gasteiger partial charge is 0.420 e. The highest BCUT2D eigenvalue weighted by Gasteiger charge is 2.20. The van der Waals surface area contributed by atoms with E-state index in [1.54, 1.807) is 33.0 Å². The Hall–Kier alpha value is -1.56. The summed E-state index contributed by atoms with van der Waals surface area (Å²) in [5.41, 5.74) is -0.129. The molecule has 1 N–H and O–H groups in total. The van der Waals surface area contributed by atoms with Crippen molar-refractivity contribution in [2.75, 3.05) is 0 Å². The van der Waals surface area contributed by atoms with Crippen LogP contribution in [0.25, 0.3) is 11.0 Å². The summed E-state index contributed by atoms with van der Waals surface area (Å²) < 4.78 is 7.09. The minimum absolute atomic E-state index is 0.0319. The van der Waals surface area contributed by atoms with E-state index < -0.39 is 11.7 Å². The molecule has 0 aliphatic heterocycles. The predicted molar refractivity (Wildman–Crippen MR) is 70.7 cm³/mol. The fourth-order valence-electron chi connectivity index (χ4n) is 1.50. The summed E-state index contributed by atoms with van der Waals surface area (Å²) in [7, 11) is 0. The zero-order chi connectivity index (χ0) is 13.5. The first-order valence-corrected chi connectivity index (χ1v) is 6.17. The van der Waals surface area contributed by atoms with E-state index >= 15 is 0 Å². The molecule has 6 heteroatoms. The van der Waals surface area contributed by atoms with Crippen molar-refractivity contribution < 1.29 is 14.6 Å². The van der Waals surface area contributed by atoms with Crippen molar-refractivity contribution in [1.82, 2.24) is 9.55 Å². The van der Waals surface area contributed by atoms with Crippen LogP contribution in [0.1, 0.15) is 20.8 Å². The van der Waals surface area contributed by atoms with Crippen LogP contribution in [0.15, 0.2) is 22.9 Å². The number of pyridine rings is 1. The lowest BCUT2D eigenvalue weighted by molar-refractivity contribution is 0.0543. The van der Waals surface area contributed by atoms with Crippen molar-refractivity contribution in [3.8, 4) is 5.75 Å². The highest BCUT2D eigenvalue weighted by atomic mass is 79.9. The van der Waals surface area contributed by atoms with Crippen molar-refractivity contribution in [2.24, 2.45) is 0 Å². The summed E-state index contributed by atoms with van der Waals surface area (Å²) >= 11 is 3.25. The van der Waals surface area contributed by atoms with Crippen LogP contribution in [0, 0.1) is 0 Å². The minimum Gasteiger partial charge on any atom is -0.505 e. The second kappa shape index (κ2) is 4.28. The summed E-state index contributed by atoms with van der Waals surface area (Å²) in [5, 5.41) is 10.2. The molecule has 0 unspecified atom stereocenters. The Balaban J connectivity index is 2.48. The standard InChI is InChI=1S/C12H13BrN2O3/c1-12(2,3)18-11(17)15-5-4-7-9(13)8(16)6-14-10(7)15/h4-6,16H,1-3H3. The molecule has 96 valence electrons. The molecule has 2 aromatic rings. The maximum absolute atomic E-state index is 12.0. The van der Waals surface area contributed by atoms with Crippen molar-refractivity contribution in [2.45, 2.75) is 26.4 Å². The molecule has 0 spiro atoms. The highest BCUT2D eigenvalue weighted by molar-refractivity contribution is 9.10. The van der Waals surface area contributed by atoms with E-state index in [2.05, 4.69) is 20.9 Å². The van der Waals surface area contributed by atoms with Gasteiger partial charge >= 0.3 is 6.09 Å². The van der Waals surface area contributed by atoms with Crippen molar-refractivity contribution in [1.29, 1.82) is 0 Å². The van der Waals surface area contributed by atoms with Gasteiger partial charge in [-0.05, 0) is 42.8 Å². The van der Waals surface area contributed by atoms with Crippen LogP contribution in [0.3, 0.4) is 0 Å². The number of nitrogens with zero attached hydrogens (tertiary/aromatic N) is 2. The van der Waals surface area contributed by atoms with Gasteiger partial charge in [0.15, 0.2) is 5.65 Å². The second-order valence-electron chi connectivity index (χ2n) is 4.86. The molecule has 0 amide bonds. The van der Waals surface area contributed by atoms with Gasteiger partial charge in [-0.1, -0.05) is 0 Å². The molecule has 0 radical (unpaired) electrons. The van der Waals surface area contributed by atoms with E-state index in [0.717, 1.165) is 0 Å². The summed E-state index contributed by atoms with van der Waals surface area (Å²) in [5.74, 6) is 0.0319. The van der Waals surface area contributed by atoms with Crippen molar-refractivity contribution in [3.05, 3.63) is 22.9 Å². The lowest BCUT2D eigenvalue weighted by Gasteiger charge is -2.19. The van der Waals surface area contributed by atoms with Crippen LogP contribution < -0.4 is 0 Å². The maximum Gasteiger partial charge on any atom is 0.420 e. The fourth-order valence-corrected chi connectivity index (χ4v) is 1.91. The lowest BCUT2D eigenvalue weighted by atomic mass is 10.2. The van der Waals surface area contributed by atoms with Gasteiger partial charge in [-0.25, -0.2) is 14.3 Å². The number of hydrogen-bond donors (Lipinski definition) is 1. The molecule has 0 aliphatic carbocycles. The van der Waals surface area contributed by atoms with Crippen LogP contribution in [0.5, 0.6) is 5.75 Å². The van der Waals surface area contributed by atoms with E-state index in [-0.39, 0.29) is 5.75 Å². The van der Waals surface area contributed by atoms with Gasteiger partial charge in [0.05, 0.1) is 10.7 Å². The predicted octanol–water partition coefficient (Wildman–Crippen LogP) is 3.29. The average Bonchev–Trinajstić information content (AvgIpc) is 2.65. The van der Waals surface area contributed by atoms with Crippen LogP contribution in [0.4, 0.5) is 4.79 Å². The SMILES string of the molecule is CC(C)(C)OC(=O)n1ccc2c(Br)c(O)cnc21. The average molecular weight is 313 g/mol. The Bertz CT molecular complexity index is 614. The summed E-state index contributed by atoms with van der Waals surface area (Å²) in [4.78, 5) is 16.0. The largest absolute Gasteiger partial charge is 0.505 e. The molecule has 0 saturated carbocycles. The summed E-state index contributed by atoms with van der Waals surface area (Å²) in [6.07, 6.45) is 2.35. The molecule has 5 nitrogen and oxygen atoms in total. The Morgan fingerprint density at radius 2 is 2.17 bits per heavy atom. The number of ether oxygens (including phenoxy) is 1. The van der Waals surface area contributed by atoms with Gasteiger partial charge in [-0.3, -0.25) is 0 Å². The maximum atomic E-state index is 12.0. The van der Waals surface area contributed by atoms with Crippen LogP contribution in [-0.2, 0) is 4.74 Å². The van der Waals surface area contributed by atoms with E-state index in [4.69, 9.17) is 4.74 Å². The van der Waals surface area contributed by atoms with Crippen LogP contribution in [-0.4, -0.2) is 26.4 Å². The van der Waals surface area contributed by atoms with E-state index in [1.807, 2.05) is 0 Å². The van der Waals surface area contributed by atoms with Gasteiger partial charge in [-0.2, -0.15) is 0 Å². The number of hydrogen-bond acceptors (Lipinski definition) is 4. The molecule has 18 heavy (non-hydrogen) atoms. The molecular formula is C12H13BrN2O3. The molecule has 2 aromatic heterocycles. The summed E-state index contributed by atoms with van der Waals surface area (Å²) in [6.45, 7) is 5.39. The molecule has 0 aliphatic rings. The Labute approximate surface area is 113 Å². The molecule has 0 saturated heterocycles. The third-order valence-electron chi connectivity index (χ3n) is 2.22. The number of carbonyl (C=O) groups excluding carboxylic acids is 1. The molecule has 0 aromatic carbocycles. The Kier molecular flexibility index (Phi) is 3.06. The molecule has 0 bridgehead atoms. The Morgan fingerprint density at radius 3 is 2.78 bits per heavy atom. The summed E-state index contributed by atoms with van der Waals surface area (Å²) in [6, 6.07) is 1.69. The van der Waals surface area contributed by atoms with Crippen molar-refractivity contribution in [3.63, 3.8) is 0 Å². The number of aromatic nitrogens is 2. The quantitative estimate of drug-likeness (QED) is 0.810. The molecular weight excluding hydrogens is 300 g/mol. The molecule has 0 fully saturated rings. The van der Waals surface area contributed by atoms with Crippen LogP contribution in [0.2, 0.25) is 0 Å². The number of aromatic hydroxyl groups is 1. The van der Waals surface area contributed by atoms with Crippen LogP contribution >= 0.6 is 15.9 Å². The van der Waals surface area contributed by atoms with E-state index in [9.17, 15) is 9.90 Å². The first kappa shape index (κ1) is 12.9. The number of carbonyl (C=O) groups is 1. The van der Waals surface area contributed by atoms with Gasteiger partial charge in [0, 0.05) is 11.6 Å². The first-order valence-electron chi connectivity index (χ1n) is 5.37. The third-order valence-corrected chi connectivity index (χ3v) is 3.05. The molecule has 2 rings (SSSR count). The van der Waals surface area contributed by atoms with Gasteiger partial charge in [-0.15, -0.1) is 0 Å². The fraction of sp³-hybridized carbons (Fsp3) is 0.333. The molecule has 2 heterocycles. The molecule has 0 atom stereocenters. The minimum atomic E-state index is -0.568. The monoisotopic (exact) mass is 312 g/mol. The number of halogens is 1. The van der Waals surface area contributed by atoms with Gasteiger partial charge in [0.1, 0.15) is 11.4 Å². The number of fused-ring (bicyclic) bond motifs is 1. The third kappa shape index (κ3) is 2.33. The number of rotatable bonds is 0. The van der Waals surface area contributed by atoms with Crippen molar-refractivity contribution >= 4 is 33.1 Å². The first-order chi connectivity index (χ1) is 8.29.